The Morgan fingerprint density at radius 3 is 2.44 bits per heavy atom. The fraction of sp³-hybridized carbons (Fsp3) is 0.211. The summed E-state index contributed by atoms with van der Waals surface area (Å²) in [5.74, 6) is -2.40. The number of ether oxygens (including phenoxy) is 1. The highest BCUT2D eigenvalue weighted by molar-refractivity contribution is 6.33. The predicted molar refractivity (Wildman–Crippen MR) is 99.1 cm³/mol. The number of benzene rings is 2. The third-order valence-corrected chi connectivity index (χ3v) is 3.93. The monoisotopic (exact) mass is 392 g/mol. The third-order valence-electron chi connectivity index (χ3n) is 3.62. The number of anilines is 1. The highest BCUT2D eigenvalue weighted by atomic mass is 35.5. The van der Waals surface area contributed by atoms with Gasteiger partial charge in [-0.3, -0.25) is 9.59 Å². The van der Waals surface area contributed by atoms with E-state index >= 15 is 0 Å². The van der Waals surface area contributed by atoms with Gasteiger partial charge in [0.2, 0.25) is 5.91 Å². The SMILES string of the molecule is Cc1ccc(NC(=O)CN(C)C(=O)COC(=O)c2ccc(F)cc2Cl)cc1. The van der Waals surface area contributed by atoms with Crippen molar-refractivity contribution in [1.82, 2.24) is 4.90 Å². The minimum atomic E-state index is -0.856. The van der Waals surface area contributed by atoms with Crippen molar-refractivity contribution in [3.8, 4) is 0 Å². The van der Waals surface area contributed by atoms with Crippen molar-refractivity contribution in [2.75, 3.05) is 25.5 Å². The van der Waals surface area contributed by atoms with Gasteiger partial charge in [-0.15, -0.1) is 0 Å². The molecule has 0 bridgehead atoms. The van der Waals surface area contributed by atoms with Crippen molar-refractivity contribution in [3.05, 3.63) is 64.4 Å². The fourth-order valence-corrected chi connectivity index (χ4v) is 2.36. The van der Waals surface area contributed by atoms with Gasteiger partial charge in [0.25, 0.3) is 5.91 Å². The van der Waals surface area contributed by atoms with E-state index in [0.29, 0.717) is 5.69 Å². The van der Waals surface area contributed by atoms with Crippen LogP contribution in [0.2, 0.25) is 5.02 Å². The number of esters is 1. The fourth-order valence-electron chi connectivity index (χ4n) is 2.11. The zero-order valence-electron chi connectivity index (χ0n) is 14.8. The van der Waals surface area contributed by atoms with Crippen LogP contribution in [0, 0.1) is 12.7 Å². The maximum atomic E-state index is 13.0. The van der Waals surface area contributed by atoms with Crippen LogP contribution in [-0.2, 0) is 14.3 Å². The number of hydrogen-bond acceptors (Lipinski definition) is 4. The molecule has 0 saturated carbocycles. The van der Waals surface area contributed by atoms with Crippen LogP contribution >= 0.6 is 11.6 Å². The van der Waals surface area contributed by atoms with Gasteiger partial charge in [0, 0.05) is 12.7 Å². The average molecular weight is 393 g/mol. The molecule has 0 aliphatic rings. The normalized spacial score (nSPS) is 10.2. The molecule has 1 N–H and O–H groups in total. The van der Waals surface area contributed by atoms with Crippen LogP contribution in [-0.4, -0.2) is 42.9 Å². The molecule has 0 fully saturated rings. The van der Waals surface area contributed by atoms with Crippen molar-refractivity contribution in [1.29, 1.82) is 0 Å². The topological polar surface area (TPSA) is 75.7 Å². The van der Waals surface area contributed by atoms with Gasteiger partial charge in [0.15, 0.2) is 6.61 Å². The molecule has 0 atom stereocenters. The third kappa shape index (κ3) is 6.07. The Kier molecular flexibility index (Phi) is 6.90. The quantitative estimate of drug-likeness (QED) is 0.767. The molecule has 2 aromatic carbocycles. The first-order chi connectivity index (χ1) is 12.8. The highest BCUT2D eigenvalue weighted by Crippen LogP contribution is 2.18. The molecule has 0 aliphatic carbocycles. The van der Waals surface area contributed by atoms with Crippen LogP contribution in [0.5, 0.6) is 0 Å². The molecule has 0 aliphatic heterocycles. The molecule has 0 radical (unpaired) electrons. The summed E-state index contributed by atoms with van der Waals surface area (Å²) in [7, 11) is 1.41. The molecule has 8 heteroatoms. The Morgan fingerprint density at radius 1 is 1.15 bits per heavy atom. The van der Waals surface area contributed by atoms with E-state index in [1.54, 1.807) is 12.1 Å². The van der Waals surface area contributed by atoms with Gasteiger partial charge < -0.3 is 15.0 Å². The van der Waals surface area contributed by atoms with E-state index in [0.717, 1.165) is 22.6 Å². The summed E-state index contributed by atoms with van der Waals surface area (Å²) in [5.41, 5.74) is 1.62. The molecule has 0 heterocycles. The van der Waals surface area contributed by atoms with E-state index in [1.807, 2.05) is 19.1 Å². The zero-order valence-corrected chi connectivity index (χ0v) is 15.5. The van der Waals surface area contributed by atoms with Crippen LogP contribution in [0.3, 0.4) is 0 Å². The molecule has 0 spiro atoms. The first-order valence-corrected chi connectivity index (χ1v) is 8.36. The summed E-state index contributed by atoms with van der Waals surface area (Å²) in [4.78, 5) is 37.1. The van der Waals surface area contributed by atoms with Gasteiger partial charge in [-0.25, -0.2) is 9.18 Å². The van der Waals surface area contributed by atoms with Crippen molar-refractivity contribution >= 4 is 35.1 Å². The number of carbonyl (C=O) groups excluding carboxylic acids is 3. The van der Waals surface area contributed by atoms with Crippen molar-refractivity contribution < 1.29 is 23.5 Å². The number of carbonyl (C=O) groups is 3. The number of hydrogen-bond donors (Lipinski definition) is 1. The van der Waals surface area contributed by atoms with Crippen molar-refractivity contribution in [2.45, 2.75) is 6.92 Å². The molecule has 0 unspecified atom stereocenters. The van der Waals surface area contributed by atoms with Crippen molar-refractivity contribution in [2.24, 2.45) is 0 Å². The van der Waals surface area contributed by atoms with E-state index in [4.69, 9.17) is 16.3 Å². The number of amides is 2. The largest absolute Gasteiger partial charge is 0.452 e. The van der Waals surface area contributed by atoms with Crippen LogP contribution in [0.25, 0.3) is 0 Å². The Balaban J connectivity index is 1.83. The lowest BCUT2D eigenvalue weighted by atomic mass is 10.2. The lowest BCUT2D eigenvalue weighted by Gasteiger charge is -2.17. The first kappa shape index (κ1) is 20.4. The number of halogens is 2. The number of aryl methyl sites for hydroxylation is 1. The van der Waals surface area contributed by atoms with E-state index in [1.165, 1.54) is 13.1 Å². The maximum Gasteiger partial charge on any atom is 0.340 e. The molecule has 6 nitrogen and oxygen atoms in total. The summed E-state index contributed by atoms with van der Waals surface area (Å²) in [5, 5.41) is 2.55. The standard InChI is InChI=1S/C19H18ClFN2O4/c1-12-3-6-14(7-4-12)22-17(24)10-23(2)18(25)11-27-19(26)15-8-5-13(21)9-16(15)20/h3-9H,10-11H2,1-2H3,(H,22,24). The smallest absolute Gasteiger partial charge is 0.340 e. The molecular formula is C19H18ClFN2O4. The van der Waals surface area contributed by atoms with Crippen LogP contribution in [0.15, 0.2) is 42.5 Å². The second kappa shape index (κ2) is 9.14. The van der Waals surface area contributed by atoms with Gasteiger partial charge in [-0.1, -0.05) is 29.3 Å². The maximum absolute atomic E-state index is 13.0. The average Bonchev–Trinajstić information content (AvgIpc) is 2.61. The van der Waals surface area contributed by atoms with E-state index in [9.17, 15) is 18.8 Å². The number of nitrogens with one attached hydrogen (secondary N) is 1. The van der Waals surface area contributed by atoms with Gasteiger partial charge in [-0.2, -0.15) is 0 Å². The summed E-state index contributed by atoms with van der Waals surface area (Å²) in [6, 6.07) is 10.4. The van der Waals surface area contributed by atoms with Gasteiger partial charge in [-0.05, 0) is 37.3 Å². The van der Waals surface area contributed by atoms with Crippen LogP contribution < -0.4 is 5.32 Å². The predicted octanol–water partition coefficient (Wildman–Crippen LogP) is 3.04. The number of nitrogens with zero attached hydrogens (tertiary/aromatic N) is 1. The lowest BCUT2D eigenvalue weighted by Crippen LogP contribution is -2.37. The molecule has 27 heavy (non-hydrogen) atoms. The second-order valence-electron chi connectivity index (χ2n) is 5.86. The summed E-state index contributed by atoms with van der Waals surface area (Å²) >= 11 is 5.77. The Morgan fingerprint density at radius 2 is 1.81 bits per heavy atom. The lowest BCUT2D eigenvalue weighted by molar-refractivity contribution is -0.136. The summed E-state index contributed by atoms with van der Waals surface area (Å²) in [6.07, 6.45) is 0. The molecule has 142 valence electrons. The van der Waals surface area contributed by atoms with Crippen LogP contribution in [0.1, 0.15) is 15.9 Å². The molecule has 2 amide bonds. The molecule has 2 aromatic rings. The van der Waals surface area contributed by atoms with E-state index < -0.39 is 24.3 Å². The Bertz CT molecular complexity index is 855. The summed E-state index contributed by atoms with van der Waals surface area (Å²) < 4.78 is 17.9. The highest BCUT2D eigenvalue weighted by Gasteiger charge is 2.18. The summed E-state index contributed by atoms with van der Waals surface area (Å²) in [6.45, 7) is 1.15. The molecular weight excluding hydrogens is 375 g/mol. The van der Waals surface area contributed by atoms with Gasteiger partial charge in [0.05, 0.1) is 17.1 Å². The van der Waals surface area contributed by atoms with Crippen molar-refractivity contribution in [3.63, 3.8) is 0 Å². The molecule has 2 rings (SSSR count). The number of likely N-dealkylation sites (N-methyl/N-ethyl adjacent to an activating group) is 1. The van der Waals surface area contributed by atoms with E-state index in [-0.39, 0.29) is 23.0 Å². The Hall–Kier alpha value is -2.93. The van der Waals surface area contributed by atoms with Gasteiger partial charge >= 0.3 is 5.97 Å². The second-order valence-corrected chi connectivity index (χ2v) is 6.27. The minimum Gasteiger partial charge on any atom is -0.452 e. The van der Waals surface area contributed by atoms with Crippen LogP contribution in [0.4, 0.5) is 10.1 Å². The minimum absolute atomic E-state index is 0.0503. The zero-order chi connectivity index (χ0) is 20.0. The number of rotatable bonds is 6. The van der Waals surface area contributed by atoms with Gasteiger partial charge in [0.1, 0.15) is 5.82 Å². The van der Waals surface area contributed by atoms with E-state index in [2.05, 4.69) is 5.32 Å². The first-order valence-electron chi connectivity index (χ1n) is 7.99. The molecule has 0 saturated heterocycles. The Labute approximate surface area is 160 Å². The molecule has 0 aromatic heterocycles.